The first-order chi connectivity index (χ1) is 12.5. The Morgan fingerprint density at radius 2 is 1.96 bits per heavy atom. The highest BCUT2D eigenvalue weighted by Gasteiger charge is 2.16. The zero-order valence-electron chi connectivity index (χ0n) is 14.4. The number of nitrogens with zero attached hydrogens (tertiary/aromatic N) is 1. The highest BCUT2D eigenvalue weighted by atomic mass is 32.2. The second-order valence-electron chi connectivity index (χ2n) is 5.47. The van der Waals surface area contributed by atoms with Crippen LogP contribution in [-0.4, -0.2) is 20.5 Å². The fourth-order valence-corrected chi connectivity index (χ4v) is 4.61. The summed E-state index contributed by atoms with van der Waals surface area (Å²) in [7, 11) is -1.99. The van der Waals surface area contributed by atoms with Crippen molar-refractivity contribution >= 4 is 38.6 Å². The third-order valence-electron chi connectivity index (χ3n) is 3.61. The van der Waals surface area contributed by atoms with Gasteiger partial charge >= 0.3 is 0 Å². The van der Waals surface area contributed by atoms with Crippen LogP contribution >= 0.6 is 11.3 Å². The number of pyridine rings is 1. The van der Waals surface area contributed by atoms with Crippen LogP contribution in [0.5, 0.6) is 5.75 Å². The van der Waals surface area contributed by atoms with Crippen LogP contribution in [0.25, 0.3) is 0 Å². The zero-order chi connectivity index (χ0) is 18.6. The maximum absolute atomic E-state index is 12.4. The topological polar surface area (TPSA) is 80.3 Å². The Kier molecular flexibility index (Phi) is 5.43. The van der Waals surface area contributed by atoms with Crippen LogP contribution in [-0.2, 0) is 16.4 Å². The molecule has 0 aliphatic heterocycles. The second kappa shape index (κ2) is 7.76. The molecule has 8 heteroatoms. The molecule has 0 fully saturated rings. The second-order valence-corrected chi connectivity index (χ2v) is 8.55. The van der Waals surface area contributed by atoms with Crippen LogP contribution in [0, 0.1) is 0 Å². The van der Waals surface area contributed by atoms with Crippen LogP contribution in [0.4, 0.5) is 17.2 Å². The maximum atomic E-state index is 12.4. The summed E-state index contributed by atoms with van der Waals surface area (Å²) < 4.78 is 32.9. The predicted octanol–water partition coefficient (Wildman–Crippen LogP) is 4.26. The average molecular weight is 390 g/mol. The van der Waals surface area contributed by atoms with Crippen molar-refractivity contribution in [3.8, 4) is 5.75 Å². The van der Waals surface area contributed by atoms with Crippen LogP contribution < -0.4 is 14.8 Å². The third-order valence-corrected chi connectivity index (χ3v) is 6.71. The number of methoxy groups -OCH3 is 1. The fraction of sp³-hybridized carbons (Fsp3) is 0.167. The van der Waals surface area contributed by atoms with E-state index in [0.29, 0.717) is 15.7 Å². The number of sulfonamides is 1. The Balaban J connectivity index is 1.71. The van der Waals surface area contributed by atoms with Crippen LogP contribution in [0.1, 0.15) is 11.8 Å². The largest absolute Gasteiger partial charge is 0.497 e. The summed E-state index contributed by atoms with van der Waals surface area (Å²) in [4.78, 5) is 5.28. The van der Waals surface area contributed by atoms with E-state index in [9.17, 15) is 8.42 Å². The monoisotopic (exact) mass is 389 g/mol. The molecule has 136 valence electrons. The molecule has 2 N–H and O–H groups in total. The van der Waals surface area contributed by atoms with E-state index in [1.807, 2.05) is 37.3 Å². The maximum Gasteiger partial charge on any atom is 0.271 e. The van der Waals surface area contributed by atoms with Crippen LogP contribution in [0.3, 0.4) is 0 Å². The van der Waals surface area contributed by atoms with Crippen LogP contribution in [0.2, 0.25) is 0 Å². The first-order valence-corrected chi connectivity index (χ1v) is 10.3. The molecule has 6 nitrogen and oxygen atoms in total. The van der Waals surface area contributed by atoms with Gasteiger partial charge in [0, 0.05) is 16.6 Å². The summed E-state index contributed by atoms with van der Waals surface area (Å²) in [6, 6.07) is 14.3. The Morgan fingerprint density at radius 3 is 2.62 bits per heavy atom. The van der Waals surface area contributed by atoms with Gasteiger partial charge in [-0.1, -0.05) is 13.0 Å². The molecular formula is C18H19N3O3S2. The summed E-state index contributed by atoms with van der Waals surface area (Å²) in [6.45, 7) is 1.99. The smallest absolute Gasteiger partial charge is 0.271 e. The highest BCUT2D eigenvalue weighted by Crippen LogP contribution is 2.25. The van der Waals surface area contributed by atoms with Gasteiger partial charge in [0.15, 0.2) is 0 Å². The number of anilines is 3. The lowest BCUT2D eigenvalue weighted by molar-refractivity contribution is 0.415. The lowest BCUT2D eigenvalue weighted by Gasteiger charge is -2.09. The number of rotatable bonds is 7. The van der Waals surface area contributed by atoms with Crippen molar-refractivity contribution in [3.05, 3.63) is 59.6 Å². The van der Waals surface area contributed by atoms with Crippen molar-refractivity contribution in [2.75, 3.05) is 17.1 Å². The van der Waals surface area contributed by atoms with E-state index in [1.54, 1.807) is 25.3 Å². The SMILES string of the molecule is CCc1ccc(S(=O)(=O)Nc2ccc(Nc3cccc(OC)c3)nc2)s1. The Morgan fingerprint density at radius 1 is 1.12 bits per heavy atom. The molecule has 0 saturated heterocycles. The van der Waals surface area contributed by atoms with E-state index >= 15 is 0 Å². The summed E-state index contributed by atoms with van der Waals surface area (Å²) in [6.07, 6.45) is 2.29. The Bertz CT molecular complexity index is 983. The Labute approximate surface area is 156 Å². The van der Waals surface area contributed by atoms with Gasteiger partial charge in [-0.05, 0) is 42.8 Å². The van der Waals surface area contributed by atoms with Gasteiger partial charge in [0.25, 0.3) is 10.0 Å². The molecule has 0 aliphatic rings. The van der Waals surface area contributed by atoms with E-state index < -0.39 is 10.0 Å². The van der Waals surface area contributed by atoms with Gasteiger partial charge in [0.05, 0.1) is 19.0 Å². The molecule has 1 aromatic carbocycles. The molecule has 0 atom stereocenters. The number of nitrogens with one attached hydrogen (secondary N) is 2. The van der Waals surface area contributed by atoms with E-state index in [4.69, 9.17) is 4.74 Å². The number of thiophene rings is 1. The van der Waals surface area contributed by atoms with Crippen molar-refractivity contribution in [3.63, 3.8) is 0 Å². The summed E-state index contributed by atoms with van der Waals surface area (Å²) in [5.41, 5.74) is 1.24. The van der Waals surface area contributed by atoms with Gasteiger partial charge in [-0.3, -0.25) is 4.72 Å². The molecule has 0 aliphatic carbocycles. The van der Waals surface area contributed by atoms with Crippen molar-refractivity contribution in [2.24, 2.45) is 0 Å². The van der Waals surface area contributed by atoms with Crippen molar-refractivity contribution in [1.82, 2.24) is 4.98 Å². The third kappa shape index (κ3) is 4.33. The lowest BCUT2D eigenvalue weighted by Crippen LogP contribution is -2.11. The van der Waals surface area contributed by atoms with Crippen molar-refractivity contribution < 1.29 is 13.2 Å². The average Bonchev–Trinajstić information content (AvgIpc) is 3.14. The summed E-state index contributed by atoms with van der Waals surface area (Å²) >= 11 is 1.27. The lowest BCUT2D eigenvalue weighted by atomic mass is 10.3. The number of aromatic nitrogens is 1. The van der Waals surface area contributed by atoms with Crippen LogP contribution in [0.15, 0.2) is 58.9 Å². The minimum Gasteiger partial charge on any atom is -0.497 e. The van der Waals surface area contributed by atoms with Gasteiger partial charge in [-0.15, -0.1) is 11.3 Å². The predicted molar refractivity (Wildman–Crippen MR) is 105 cm³/mol. The molecule has 0 unspecified atom stereocenters. The van der Waals surface area contributed by atoms with E-state index in [1.165, 1.54) is 17.5 Å². The molecule has 26 heavy (non-hydrogen) atoms. The molecule has 2 heterocycles. The zero-order valence-corrected chi connectivity index (χ0v) is 16.0. The number of hydrogen-bond acceptors (Lipinski definition) is 6. The fourth-order valence-electron chi connectivity index (χ4n) is 2.28. The molecule has 3 rings (SSSR count). The van der Waals surface area contributed by atoms with Gasteiger partial charge in [-0.25, -0.2) is 13.4 Å². The number of benzene rings is 1. The molecule has 0 saturated carbocycles. The van der Waals surface area contributed by atoms with Gasteiger partial charge in [-0.2, -0.15) is 0 Å². The summed E-state index contributed by atoms with van der Waals surface area (Å²) in [5, 5.41) is 3.15. The molecule has 3 aromatic rings. The minimum atomic E-state index is -3.59. The summed E-state index contributed by atoms with van der Waals surface area (Å²) in [5.74, 6) is 1.34. The first kappa shape index (κ1) is 18.2. The standard InChI is InChI=1S/C18H19N3O3S2/c1-3-16-8-10-18(25-16)26(22,23)21-14-7-9-17(19-12-14)20-13-5-4-6-15(11-13)24-2/h4-12,21H,3H2,1-2H3,(H,19,20). The number of hydrogen-bond donors (Lipinski definition) is 2. The molecule has 0 bridgehead atoms. The number of aryl methyl sites for hydroxylation is 1. The van der Waals surface area contributed by atoms with E-state index in [2.05, 4.69) is 15.0 Å². The first-order valence-electron chi connectivity index (χ1n) is 7.99. The van der Waals surface area contributed by atoms with Gasteiger partial charge in [0.2, 0.25) is 0 Å². The van der Waals surface area contributed by atoms with Gasteiger partial charge < -0.3 is 10.1 Å². The van der Waals surface area contributed by atoms with E-state index in [-0.39, 0.29) is 0 Å². The van der Waals surface area contributed by atoms with E-state index in [0.717, 1.165) is 22.7 Å². The van der Waals surface area contributed by atoms with Crippen molar-refractivity contribution in [2.45, 2.75) is 17.6 Å². The van der Waals surface area contributed by atoms with Gasteiger partial charge in [0.1, 0.15) is 15.8 Å². The molecule has 0 amide bonds. The highest BCUT2D eigenvalue weighted by molar-refractivity contribution is 7.94. The normalized spacial score (nSPS) is 11.2. The molecule has 0 spiro atoms. The molecule has 0 radical (unpaired) electrons. The van der Waals surface area contributed by atoms with Crippen molar-refractivity contribution in [1.29, 1.82) is 0 Å². The molecular weight excluding hydrogens is 370 g/mol. The Hall–Kier alpha value is -2.58. The minimum absolute atomic E-state index is 0.299. The molecule has 2 aromatic heterocycles. The quantitative estimate of drug-likeness (QED) is 0.631. The number of ether oxygens (including phenoxy) is 1.